The third-order valence-corrected chi connectivity index (χ3v) is 7.74. The number of rotatable bonds is 5. The van der Waals surface area contributed by atoms with Gasteiger partial charge < -0.3 is 5.32 Å². The smallest absolute Gasteiger partial charge is 0.243 e. The lowest BCUT2D eigenvalue weighted by Gasteiger charge is -2.38. The number of halogens is 1. The summed E-state index contributed by atoms with van der Waals surface area (Å²) in [5, 5.41) is 3.38. The lowest BCUT2D eigenvalue weighted by Crippen LogP contribution is -2.51. The van der Waals surface area contributed by atoms with Crippen molar-refractivity contribution in [3.8, 4) is 0 Å². The van der Waals surface area contributed by atoms with E-state index in [0.717, 1.165) is 5.56 Å². The van der Waals surface area contributed by atoms with E-state index in [1.165, 1.54) is 4.31 Å². The van der Waals surface area contributed by atoms with Crippen LogP contribution in [-0.4, -0.2) is 31.7 Å². The molecule has 5 nitrogen and oxygen atoms in total. The van der Waals surface area contributed by atoms with Gasteiger partial charge in [-0.2, -0.15) is 4.31 Å². The van der Waals surface area contributed by atoms with E-state index in [-0.39, 0.29) is 17.3 Å². The Labute approximate surface area is 171 Å². The van der Waals surface area contributed by atoms with Gasteiger partial charge in [-0.05, 0) is 49.9 Å². The van der Waals surface area contributed by atoms with Gasteiger partial charge in [0.05, 0.1) is 10.3 Å². The van der Waals surface area contributed by atoms with Crippen LogP contribution < -0.4 is 5.32 Å². The van der Waals surface area contributed by atoms with Crippen molar-refractivity contribution in [1.82, 2.24) is 9.62 Å². The average Bonchev–Trinajstić information content (AvgIpc) is 2.69. The molecule has 28 heavy (non-hydrogen) atoms. The standard InChI is InChI=1S/C21H25ClN2O3S/c1-16-18(22)10-6-11-19(16)28(26,27)24-13-7-12-21(2,15-24)20(25)23-14-17-8-4-3-5-9-17/h3-6,8-11H,7,12-15H2,1-2H3,(H,23,25)/t21-/m1/s1. The molecule has 3 rings (SSSR count). The molecule has 1 atom stereocenters. The molecule has 1 N–H and O–H groups in total. The molecule has 0 radical (unpaired) electrons. The fourth-order valence-corrected chi connectivity index (χ4v) is 5.66. The second-order valence-corrected chi connectivity index (χ2v) is 9.85. The van der Waals surface area contributed by atoms with Crippen LogP contribution in [-0.2, 0) is 21.4 Å². The highest BCUT2D eigenvalue weighted by Crippen LogP contribution is 2.34. The molecule has 0 saturated carbocycles. The van der Waals surface area contributed by atoms with E-state index in [1.54, 1.807) is 25.1 Å². The average molecular weight is 421 g/mol. The predicted octanol–water partition coefficient (Wildman–Crippen LogP) is 3.76. The van der Waals surface area contributed by atoms with E-state index in [4.69, 9.17) is 11.6 Å². The molecular weight excluding hydrogens is 396 g/mol. The third kappa shape index (κ3) is 4.24. The maximum absolute atomic E-state index is 13.2. The Kier molecular flexibility index (Phi) is 6.12. The van der Waals surface area contributed by atoms with Crippen LogP contribution in [0.5, 0.6) is 0 Å². The number of nitrogens with zero attached hydrogens (tertiary/aromatic N) is 1. The maximum atomic E-state index is 13.2. The van der Waals surface area contributed by atoms with Gasteiger partial charge in [0.1, 0.15) is 0 Å². The number of amides is 1. The Morgan fingerprint density at radius 2 is 1.89 bits per heavy atom. The number of nitrogens with one attached hydrogen (secondary N) is 1. The molecule has 7 heteroatoms. The van der Waals surface area contributed by atoms with Gasteiger partial charge >= 0.3 is 0 Å². The number of sulfonamides is 1. The van der Waals surface area contributed by atoms with Crippen LogP contribution in [0.4, 0.5) is 0 Å². The summed E-state index contributed by atoms with van der Waals surface area (Å²) in [6.07, 6.45) is 1.28. The van der Waals surface area contributed by atoms with Crippen LogP contribution in [0.15, 0.2) is 53.4 Å². The molecule has 1 fully saturated rings. The maximum Gasteiger partial charge on any atom is 0.243 e. The number of benzene rings is 2. The Morgan fingerprint density at radius 3 is 2.61 bits per heavy atom. The van der Waals surface area contributed by atoms with Crippen molar-refractivity contribution in [3.63, 3.8) is 0 Å². The first-order chi connectivity index (χ1) is 13.2. The highest BCUT2D eigenvalue weighted by molar-refractivity contribution is 7.89. The van der Waals surface area contributed by atoms with Crippen molar-refractivity contribution in [2.45, 2.75) is 38.1 Å². The van der Waals surface area contributed by atoms with Gasteiger partial charge in [-0.15, -0.1) is 0 Å². The fraction of sp³-hybridized carbons (Fsp3) is 0.381. The van der Waals surface area contributed by atoms with Gasteiger partial charge in [0, 0.05) is 24.7 Å². The molecule has 1 amide bonds. The number of hydrogen-bond acceptors (Lipinski definition) is 3. The summed E-state index contributed by atoms with van der Waals surface area (Å²) in [4.78, 5) is 13.1. The lowest BCUT2D eigenvalue weighted by molar-refractivity contribution is -0.132. The molecule has 1 saturated heterocycles. The van der Waals surface area contributed by atoms with Gasteiger partial charge in [0.2, 0.25) is 15.9 Å². The zero-order valence-corrected chi connectivity index (χ0v) is 17.7. The molecule has 1 aliphatic rings. The van der Waals surface area contributed by atoms with Crippen LogP contribution in [0.3, 0.4) is 0 Å². The van der Waals surface area contributed by atoms with Crippen molar-refractivity contribution >= 4 is 27.5 Å². The van der Waals surface area contributed by atoms with Crippen LogP contribution in [0.2, 0.25) is 5.02 Å². The molecule has 0 spiro atoms. The van der Waals surface area contributed by atoms with Crippen LogP contribution >= 0.6 is 11.6 Å². The second-order valence-electron chi connectivity index (χ2n) is 7.53. The molecular formula is C21H25ClN2O3S. The summed E-state index contributed by atoms with van der Waals surface area (Å²) in [6.45, 7) is 4.51. The van der Waals surface area contributed by atoms with Crippen molar-refractivity contribution in [3.05, 3.63) is 64.7 Å². The van der Waals surface area contributed by atoms with Crippen LogP contribution in [0, 0.1) is 12.3 Å². The summed E-state index contributed by atoms with van der Waals surface area (Å²) in [6, 6.07) is 14.5. The fourth-order valence-electron chi connectivity index (χ4n) is 3.58. The van der Waals surface area contributed by atoms with E-state index >= 15 is 0 Å². The third-order valence-electron chi connectivity index (χ3n) is 5.34. The van der Waals surface area contributed by atoms with Gasteiger partial charge in [0.25, 0.3) is 0 Å². The molecule has 1 aliphatic heterocycles. The van der Waals surface area contributed by atoms with E-state index in [0.29, 0.717) is 36.5 Å². The normalized spacial score (nSPS) is 20.7. The monoisotopic (exact) mass is 420 g/mol. The topological polar surface area (TPSA) is 66.5 Å². The van der Waals surface area contributed by atoms with Crippen LogP contribution in [0.1, 0.15) is 30.9 Å². The Balaban J connectivity index is 1.76. The van der Waals surface area contributed by atoms with Crippen LogP contribution in [0.25, 0.3) is 0 Å². The Hall–Kier alpha value is -1.89. The number of piperidine rings is 1. The predicted molar refractivity (Wildman–Crippen MR) is 111 cm³/mol. The number of carbonyl (C=O) groups is 1. The molecule has 0 aliphatic carbocycles. The summed E-state index contributed by atoms with van der Waals surface area (Å²) < 4.78 is 27.8. The van der Waals surface area contributed by atoms with Crippen molar-refractivity contribution in [2.75, 3.05) is 13.1 Å². The van der Waals surface area contributed by atoms with Gasteiger partial charge in [-0.1, -0.05) is 48.0 Å². The first kappa shape index (κ1) is 20.8. The summed E-state index contributed by atoms with van der Waals surface area (Å²) in [5.74, 6) is -0.126. The SMILES string of the molecule is Cc1c(Cl)cccc1S(=O)(=O)N1CCC[C@@](C)(C(=O)NCc2ccccc2)C1. The molecule has 0 unspecified atom stereocenters. The Bertz CT molecular complexity index is 963. The van der Waals surface area contributed by atoms with E-state index in [2.05, 4.69) is 5.32 Å². The highest BCUT2D eigenvalue weighted by atomic mass is 35.5. The highest BCUT2D eigenvalue weighted by Gasteiger charge is 2.42. The minimum Gasteiger partial charge on any atom is -0.352 e. The molecule has 0 aromatic heterocycles. The van der Waals surface area contributed by atoms with Crippen molar-refractivity contribution < 1.29 is 13.2 Å². The number of hydrogen-bond donors (Lipinski definition) is 1. The number of carbonyl (C=O) groups excluding carboxylic acids is 1. The van der Waals surface area contributed by atoms with E-state index in [1.807, 2.05) is 37.3 Å². The summed E-state index contributed by atoms with van der Waals surface area (Å²) in [5.41, 5.74) is 0.770. The summed E-state index contributed by atoms with van der Waals surface area (Å²) in [7, 11) is -3.72. The first-order valence-electron chi connectivity index (χ1n) is 9.31. The zero-order valence-electron chi connectivity index (χ0n) is 16.1. The molecule has 2 aromatic rings. The van der Waals surface area contributed by atoms with E-state index < -0.39 is 15.4 Å². The van der Waals surface area contributed by atoms with Crippen molar-refractivity contribution in [2.24, 2.45) is 5.41 Å². The van der Waals surface area contributed by atoms with Gasteiger partial charge in [0.15, 0.2) is 0 Å². The van der Waals surface area contributed by atoms with E-state index in [9.17, 15) is 13.2 Å². The van der Waals surface area contributed by atoms with Gasteiger partial charge in [-0.3, -0.25) is 4.79 Å². The quantitative estimate of drug-likeness (QED) is 0.800. The molecule has 150 valence electrons. The second kappa shape index (κ2) is 8.23. The largest absolute Gasteiger partial charge is 0.352 e. The molecule has 1 heterocycles. The minimum atomic E-state index is -3.72. The first-order valence-corrected chi connectivity index (χ1v) is 11.1. The summed E-state index contributed by atoms with van der Waals surface area (Å²) >= 11 is 6.12. The lowest BCUT2D eigenvalue weighted by atomic mass is 9.82. The van der Waals surface area contributed by atoms with Gasteiger partial charge in [-0.25, -0.2) is 8.42 Å². The molecule has 0 bridgehead atoms. The Morgan fingerprint density at radius 1 is 1.18 bits per heavy atom. The van der Waals surface area contributed by atoms with Crippen molar-refractivity contribution in [1.29, 1.82) is 0 Å². The zero-order chi connectivity index (χ0) is 20.4. The minimum absolute atomic E-state index is 0.126. The molecule has 2 aromatic carbocycles.